The van der Waals surface area contributed by atoms with E-state index in [9.17, 15) is 4.79 Å². The van der Waals surface area contributed by atoms with Gasteiger partial charge in [-0.15, -0.1) is 0 Å². The van der Waals surface area contributed by atoms with E-state index in [1.807, 2.05) is 44.2 Å². The lowest BCUT2D eigenvalue weighted by atomic mass is 10.1. The summed E-state index contributed by atoms with van der Waals surface area (Å²) in [5.74, 6) is 0.0908. The number of halogens is 1. The molecule has 3 N–H and O–H groups in total. The predicted molar refractivity (Wildman–Crippen MR) is 125 cm³/mol. The maximum Gasteiger partial charge on any atom is 0.273 e. The van der Waals surface area contributed by atoms with Crippen molar-refractivity contribution in [1.82, 2.24) is 15.8 Å². The van der Waals surface area contributed by atoms with Crippen LogP contribution >= 0.6 is 28.1 Å². The Morgan fingerprint density at radius 1 is 1.03 bits per heavy atom. The molecule has 0 aliphatic carbocycles. The standard InChI is InChI=1S/C22H21BrN4O2S/c1-14-9-15(2)11-18(10-14)25-22(30)27-26-21(28)19-12-17(23)3-4-20(19)29-13-16-5-7-24-8-6-16/h3-12H,13H2,1-2H3,(H,26,28)(H2,25,27,30). The Labute approximate surface area is 189 Å². The Bertz CT molecular complexity index is 1040. The topological polar surface area (TPSA) is 75.3 Å². The molecule has 30 heavy (non-hydrogen) atoms. The molecule has 0 aliphatic heterocycles. The van der Waals surface area contributed by atoms with Crippen LogP contribution in [0.4, 0.5) is 5.69 Å². The van der Waals surface area contributed by atoms with E-state index in [1.165, 1.54) is 0 Å². The third-order valence-electron chi connectivity index (χ3n) is 4.10. The average molecular weight is 485 g/mol. The van der Waals surface area contributed by atoms with Gasteiger partial charge in [-0.2, -0.15) is 0 Å². The number of aromatic nitrogens is 1. The lowest BCUT2D eigenvalue weighted by Crippen LogP contribution is -2.43. The molecule has 0 unspecified atom stereocenters. The molecule has 1 aromatic heterocycles. The van der Waals surface area contributed by atoms with Crippen LogP contribution in [0.15, 0.2) is 65.4 Å². The molecule has 0 saturated carbocycles. The van der Waals surface area contributed by atoms with E-state index in [1.54, 1.807) is 24.5 Å². The molecule has 8 heteroatoms. The van der Waals surface area contributed by atoms with Gasteiger partial charge in [-0.3, -0.25) is 20.6 Å². The zero-order chi connectivity index (χ0) is 21.5. The number of aryl methyl sites for hydroxylation is 2. The van der Waals surface area contributed by atoms with E-state index >= 15 is 0 Å². The second-order valence-corrected chi connectivity index (χ2v) is 8.02. The van der Waals surface area contributed by atoms with E-state index in [4.69, 9.17) is 17.0 Å². The highest BCUT2D eigenvalue weighted by atomic mass is 79.9. The van der Waals surface area contributed by atoms with Crippen LogP contribution in [-0.2, 0) is 6.61 Å². The number of pyridine rings is 1. The van der Waals surface area contributed by atoms with E-state index in [-0.39, 0.29) is 11.0 Å². The summed E-state index contributed by atoms with van der Waals surface area (Å²) in [6.07, 6.45) is 3.39. The van der Waals surface area contributed by atoms with Gasteiger partial charge in [-0.25, -0.2) is 0 Å². The molecule has 0 bridgehead atoms. The zero-order valence-corrected chi connectivity index (χ0v) is 18.9. The van der Waals surface area contributed by atoms with Crippen LogP contribution in [-0.4, -0.2) is 16.0 Å². The summed E-state index contributed by atoms with van der Waals surface area (Å²) >= 11 is 8.68. The summed E-state index contributed by atoms with van der Waals surface area (Å²) in [5, 5.41) is 3.34. The number of carbonyl (C=O) groups is 1. The van der Waals surface area contributed by atoms with Gasteiger partial charge in [0, 0.05) is 22.6 Å². The molecule has 0 saturated heterocycles. The SMILES string of the molecule is Cc1cc(C)cc(NC(=S)NNC(=O)c2cc(Br)ccc2OCc2ccncc2)c1. The number of benzene rings is 2. The normalized spacial score (nSPS) is 10.2. The van der Waals surface area contributed by atoms with E-state index < -0.39 is 0 Å². The number of ether oxygens (including phenoxy) is 1. The first kappa shape index (κ1) is 21.7. The molecular formula is C22H21BrN4O2S. The quantitative estimate of drug-likeness (QED) is 0.360. The molecule has 0 spiro atoms. The monoisotopic (exact) mass is 484 g/mol. The highest BCUT2D eigenvalue weighted by Gasteiger charge is 2.14. The number of hydrogen-bond acceptors (Lipinski definition) is 4. The smallest absolute Gasteiger partial charge is 0.273 e. The zero-order valence-electron chi connectivity index (χ0n) is 16.5. The summed E-state index contributed by atoms with van der Waals surface area (Å²) in [7, 11) is 0. The fraction of sp³-hybridized carbons (Fsp3) is 0.136. The molecule has 6 nitrogen and oxygen atoms in total. The highest BCUT2D eigenvalue weighted by molar-refractivity contribution is 9.10. The van der Waals surface area contributed by atoms with E-state index in [2.05, 4.69) is 43.1 Å². The van der Waals surface area contributed by atoms with Crippen LogP contribution in [0.25, 0.3) is 0 Å². The van der Waals surface area contributed by atoms with Crippen LogP contribution in [0.2, 0.25) is 0 Å². The molecule has 0 radical (unpaired) electrons. The number of thiocarbonyl (C=S) groups is 1. The Morgan fingerprint density at radius 3 is 2.43 bits per heavy atom. The summed E-state index contributed by atoms with van der Waals surface area (Å²) in [6.45, 7) is 4.35. The minimum Gasteiger partial charge on any atom is -0.488 e. The minimum atomic E-state index is -0.370. The second kappa shape index (κ2) is 10.2. The molecular weight excluding hydrogens is 464 g/mol. The minimum absolute atomic E-state index is 0.280. The molecule has 154 valence electrons. The number of nitrogens with one attached hydrogen (secondary N) is 3. The number of anilines is 1. The van der Waals surface area contributed by atoms with Gasteiger partial charge >= 0.3 is 0 Å². The van der Waals surface area contributed by atoms with Crippen molar-refractivity contribution in [2.45, 2.75) is 20.5 Å². The summed E-state index contributed by atoms with van der Waals surface area (Å²) in [5.41, 5.74) is 9.76. The van der Waals surface area contributed by atoms with Crippen LogP contribution in [0, 0.1) is 13.8 Å². The maximum absolute atomic E-state index is 12.7. The second-order valence-electron chi connectivity index (χ2n) is 6.69. The molecule has 1 heterocycles. The first-order chi connectivity index (χ1) is 14.4. The van der Waals surface area contributed by atoms with Crippen molar-refractivity contribution in [1.29, 1.82) is 0 Å². The van der Waals surface area contributed by atoms with Gasteiger partial charge in [0.15, 0.2) is 5.11 Å². The predicted octanol–water partition coefficient (Wildman–Crippen LogP) is 4.67. The first-order valence-corrected chi connectivity index (χ1v) is 10.4. The number of carbonyl (C=O) groups excluding carboxylic acids is 1. The van der Waals surface area contributed by atoms with Crippen molar-refractivity contribution in [3.05, 3.63) is 87.7 Å². The Kier molecular flexibility index (Phi) is 7.37. The van der Waals surface area contributed by atoms with Gasteiger partial charge < -0.3 is 10.1 Å². The Morgan fingerprint density at radius 2 is 1.73 bits per heavy atom. The lowest BCUT2D eigenvalue weighted by Gasteiger charge is -2.15. The van der Waals surface area contributed by atoms with Crippen molar-refractivity contribution in [3.63, 3.8) is 0 Å². The number of amides is 1. The molecule has 0 fully saturated rings. The summed E-state index contributed by atoms with van der Waals surface area (Å²) in [6, 6.07) is 15.0. The van der Waals surface area contributed by atoms with E-state index in [0.29, 0.717) is 17.9 Å². The van der Waals surface area contributed by atoms with Crippen molar-refractivity contribution >= 4 is 44.9 Å². The summed E-state index contributed by atoms with van der Waals surface area (Å²) in [4.78, 5) is 16.7. The molecule has 0 aliphatic rings. The Hall–Kier alpha value is -2.97. The third kappa shape index (κ3) is 6.27. The average Bonchev–Trinajstić information content (AvgIpc) is 2.71. The van der Waals surface area contributed by atoms with E-state index in [0.717, 1.165) is 26.9 Å². The van der Waals surface area contributed by atoms with Crippen LogP contribution in [0.1, 0.15) is 27.0 Å². The van der Waals surface area contributed by atoms with Crippen LogP contribution < -0.4 is 20.9 Å². The van der Waals surface area contributed by atoms with Crippen molar-refractivity contribution in [3.8, 4) is 5.75 Å². The molecule has 3 rings (SSSR count). The van der Waals surface area contributed by atoms with Crippen molar-refractivity contribution < 1.29 is 9.53 Å². The van der Waals surface area contributed by atoms with Gasteiger partial charge in [0.25, 0.3) is 5.91 Å². The van der Waals surface area contributed by atoms with Gasteiger partial charge in [0.2, 0.25) is 0 Å². The number of rotatable bonds is 5. The highest BCUT2D eigenvalue weighted by Crippen LogP contribution is 2.24. The van der Waals surface area contributed by atoms with Gasteiger partial charge in [0.1, 0.15) is 12.4 Å². The fourth-order valence-corrected chi connectivity index (χ4v) is 3.37. The van der Waals surface area contributed by atoms with Crippen LogP contribution in [0.5, 0.6) is 5.75 Å². The molecule has 1 amide bonds. The molecule has 2 aromatic carbocycles. The fourth-order valence-electron chi connectivity index (χ4n) is 2.84. The summed E-state index contributed by atoms with van der Waals surface area (Å²) < 4.78 is 6.61. The van der Waals surface area contributed by atoms with Crippen LogP contribution in [0.3, 0.4) is 0 Å². The largest absolute Gasteiger partial charge is 0.488 e. The molecule has 0 atom stereocenters. The lowest BCUT2D eigenvalue weighted by molar-refractivity contribution is 0.0939. The van der Waals surface area contributed by atoms with Crippen molar-refractivity contribution in [2.75, 3.05) is 5.32 Å². The van der Waals surface area contributed by atoms with Gasteiger partial charge in [-0.1, -0.05) is 22.0 Å². The number of hydrazine groups is 1. The molecule has 3 aromatic rings. The number of nitrogens with zero attached hydrogens (tertiary/aromatic N) is 1. The first-order valence-electron chi connectivity index (χ1n) is 9.17. The van der Waals surface area contributed by atoms with Gasteiger partial charge in [0.05, 0.1) is 5.56 Å². The Balaban J connectivity index is 1.62. The maximum atomic E-state index is 12.7. The van der Waals surface area contributed by atoms with Gasteiger partial charge in [-0.05, 0) is 85.2 Å². The number of hydrogen-bond donors (Lipinski definition) is 3. The third-order valence-corrected chi connectivity index (χ3v) is 4.80. The van der Waals surface area contributed by atoms with Crippen molar-refractivity contribution in [2.24, 2.45) is 0 Å².